The van der Waals surface area contributed by atoms with Crippen LogP contribution in [0.25, 0.3) is 5.69 Å². The summed E-state index contributed by atoms with van der Waals surface area (Å²) in [6, 6.07) is 8.63. The van der Waals surface area contributed by atoms with E-state index in [9.17, 15) is 32.5 Å². The average Bonchev–Trinajstić information content (AvgIpc) is 3.31. The van der Waals surface area contributed by atoms with Crippen molar-refractivity contribution in [3.8, 4) is 5.69 Å². The molecule has 0 saturated heterocycles. The van der Waals surface area contributed by atoms with Crippen molar-refractivity contribution in [2.24, 2.45) is 0 Å². The summed E-state index contributed by atoms with van der Waals surface area (Å²) in [7, 11) is 0. The topological polar surface area (TPSA) is 81.3 Å². The van der Waals surface area contributed by atoms with Gasteiger partial charge in [-0.1, -0.05) is 18.2 Å². The number of alkyl halides is 3. The first-order chi connectivity index (χ1) is 14.2. The molecule has 2 aromatic carbocycles. The van der Waals surface area contributed by atoms with E-state index >= 15 is 0 Å². The summed E-state index contributed by atoms with van der Waals surface area (Å²) in [6.45, 7) is 0.0531. The minimum absolute atomic E-state index is 0.0531. The maximum atomic E-state index is 14.1. The van der Waals surface area contributed by atoms with Crippen molar-refractivity contribution >= 4 is 17.3 Å². The Morgan fingerprint density at radius 3 is 2.53 bits per heavy atom. The first-order valence-electron chi connectivity index (χ1n) is 8.68. The Labute approximate surface area is 166 Å². The second-order valence-electron chi connectivity index (χ2n) is 6.54. The zero-order chi connectivity index (χ0) is 21.6. The van der Waals surface area contributed by atoms with E-state index in [0.29, 0.717) is 16.7 Å². The molecule has 0 spiro atoms. The quantitative estimate of drug-likeness (QED) is 0.362. The van der Waals surface area contributed by atoms with Crippen LogP contribution < -0.4 is 4.90 Å². The highest BCUT2D eigenvalue weighted by atomic mass is 19.4. The van der Waals surface area contributed by atoms with Gasteiger partial charge in [-0.3, -0.25) is 14.9 Å². The van der Waals surface area contributed by atoms with Crippen LogP contribution in [0.2, 0.25) is 0 Å². The molecule has 1 amide bonds. The molecule has 30 heavy (non-hydrogen) atoms. The Morgan fingerprint density at radius 2 is 1.87 bits per heavy atom. The van der Waals surface area contributed by atoms with Crippen LogP contribution >= 0.6 is 0 Å². The van der Waals surface area contributed by atoms with Gasteiger partial charge in [0.25, 0.3) is 11.6 Å². The highest BCUT2D eigenvalue weighted by Gasteiger charge is 2.42. The monoisotopic (exact) mass is 420 g/mol. The number of nitro benzene ring substituents is 1. The zero-order valence-electron chi connectivity index (χ0n) is 15.1. The molecule has 1 aliphatic rings. The number of amides is 1. The number of benzene rings is 2. The molecular formula is C19H12F4N4O3. The van der Waals surface area contributed by atoms with Crippen LogP contribution in [0.5, 0.6) is 0 Å². The standard InChI is InChI=1S/C19H12F4N4O3/c20-14-3-1-2-4-15(14)26-17(19(21,22)23)13(10-24-26)18(28)25-8-7-11-5-6-12(27(29)30)9-16(11)25/h1-6,9-10H,7-8H2. The summed E-state index contributed by atoms with van der Waals surface area (Å²) < 4.78 is 55.9. The number of aromatic nitrogens is 2. The number of anilines is 1. The van der Waals surface area contributed by atoms with E-state index in [-0.39, 0.29) is 17.9 Å². The van der Waals surface area contributed by atoms with Crippen LogP contribution in [0.4, 0.5) is 28.9 Å². The fourth-order valence-electron chi connectivity index (χ4n) is 3.42. The molecule has 0 fully saturated rings. The van der Waals surface area contributed by atoms with Gasteiger partial charge in [-0.15, -0.1) is 0 Å². The van der Waals surface area contributed by atoms with Crippen molar-refractivity contribution in [3.05, 3.63) is 81.4 Å². The number of carbonyl (C=O) groups excluding carboxylic acids is 1. The lowest BCUT2D eigenvalue weighted by Gasteiger charge is -2.18. The predicted molar refractivity (Wildman–Crippen MR) is 97.0 cm³/mol. The first-order valence-corrected chi connectivity index (χ1v) is 8.68. The fraction of sp³-hybridized carbons (Fsp3) is 0.158. The van der Waals surface area contributed by atoms with Crippen LogP contribution in [-0.4, -0.2) is 27.2 Å². The van der Waals surface area contributed by atoms with Crippen LogP contribution in [0.1, 0.15) is 21.6 Å². The van der Waals surface area contributed by atoms with E-state index < -0.39 is 39.8 Å². The molecule has 0 unspecified atom stereocenters. The smallest absolute Gasteiger partial charge is 0.307 e. The second kappa shape index (κ2) is 6.94. The van der Waals surface area contributed by atoms with E-state index in [1.807, 2.05) is 0 Å². The number of halogens is 4. The number of nitrogens with zero attached hydrogens (tertiary/aromatic N) is 4. The highest BCUT2D eigenvalue weighted by Crippen LogP contribution is 2.37. The normalized spacial score (nSPS) is 13.4. The van der Waals surface area contributed by atoms with Gasteiger partial charge in [-0.25, -0.2) is 9.07 Å². The van der Waals surface area contributed by atoms with Crippen LogP contribution in [0.15, 0.2) is 48.7 Å². The molecule has 0 aliphatic carbocycles. The molecular weight excluding hydrogens is 408 g/mol. The van der Waals surface area contributed by atoms with E-state index in [1.54, 1.807) is 0 Å². The third-order valence-corrected chi connectivity index (χ3v) is 4.77. The summed E-state index contributed by atoms with van der Waals surface area (Å²) in [4.78, 5) is 24.4. The third kappa shape index (κ3) is 3.17. The number of hydrogen-bond donors (Lipinski definition) is 0. The number of rotatable bonds is 3. The minimum Gasteiger partial charge on any atom is -0.307 e. The van der Waals surface area contributed by atoms with Crippen molar-refractivity contribution in [1.29, 1.82) is 0 Å². The molecule has 154 valence electrons. The van der Waals surface area contributed by atoms with E-state index in [4.69, 9.17) is 0 Å². The summed E-state index contributed by atoms with van der Waals surface area (Å²) in [6.07, 6.45) is -3.94. The Hall–Kier alpha value is -3.76. The number of fused-ring (bicyclic) bond motifs is 1. The van der Waals surface area contributed by atoms with Crippen molar-refractivity contribution in [2.75, 3.05) is 11.4 Å². The average molecular weight is 420 g/mol. The SMILES string of the molecule is O=C(c1cnn(-c2ccccc2F)c1C(F)(F)F)N1CCc2ccc([N+](=O)[O-])cc21. The number of nitro groups is 1. The minimum atomic E-state index is -5.00. The molecule has 0 saturated carbocycles. The summed E-state index contributed by atoms with van der Waals surface area (Å²) >= 11 is 0. The molecule has 0 bridgehead atoms. The van der Waals surface area contributed by atoms with E-state index in [1.165, 1.54) is 24.3 Å². The maximum absolute atomic E-state index is 14.1. The predicted octanol–water partition coefficient (Wildman–Crippen LogP) is 4.14. The molecule has 1 aromatic heterocycles. The van der Waals surface area contributed by atoms with E-state index in [0.717, 1.165) is 29.3 Å². The second-order valence-corrected chi connectivity index (χ2v) is 6.54. The lowest BCUT2D eigenvalue weighted by molar-refractivity contribution is -0.384. The van der Waals surface area contributed by atoms with Crippen molar-refractivity contribution in [3.63, 3.8) is 0 Å². The molecule has 3 aromatic rings. The number of para-hydroxylation sites is 1. The van der Waals surface area contributed by atoms with Crippen LogP contribution in [0, 0.1) is 15.9 Å². The lowest BCUT2D eigenvalue weighted by Crippen LogP contribution is -2.31. The van der Waals surface area contributed by atoms with Crippen LogP contribution in [0.3, 0.4) is 0 Å². The number of non-ortho nitro benzene ring substituents is 1. The Bertz CT molecular complexity index is 1170. The lowest BCUT2D eigenvalue weighted by atomic mass is 10.1. The Kier molecular flexibility index (Phi) is 4.52. The Balaban J connectivity index is 1.82. The van der Waals surface area contributed by atoms with Gasteiger partial charge in [-0.05, 0) is 24.1 Å². The van der Waals surface area contributed by atoms with Gasteiger partial charge < -0.3 is 4.90 Å². The van der Waals surface area contributed by atoms with Gasteiger partial charge in [0.2, 0.25) is 0 Å². The highest BCUT2D eigenvalue weighted by molar-refractivity contribution is 6.08. The third-order valence-electron chi connectivity index (χ3n) is 4.77. The Morgan fingerprint density at radius 1 is 1.13 bits per heavy atom. The first kappa shape index (κ1) is 19.6. The van der Waals surface area contributed by atoms with Crippen molar-refractivity contribution < 1.29 is 27.3 Å². The van der Waals surface area contributed by atoms with Crippen molar-refractivity contribution in [2.45, 2.75) is 12.6 Å². The molecule has 1 aliphatic heterocycles. The largest absolute Gasteiger partial charge is 0.434 e. The number of hydrogen-bond acceptors (Lipinski definition) is 4. The van der Waals surface area contributed by atoms with Crippen LogP contribution in [-0.2, 0) is 12.6 Å². The van der Waals surface area contributed by atoms with Gasteiger partial charge in [0.1, 0.15) is 11.5 Å². The van der Waals surface area contributed by atoms with E-state index in [2.05, 4.69) is 5.10 Å². The number of carbonyl (C=O) groups is 1. The van der Waals surface area contributed by atoms with Gasteiger partial charge in [0.15, 0.2) is 5.69 Å². The van der Waals surface area contributed by atoms with Crippen molar-refractivity contribution in [1.82, 2.24) is 9.78 Å². The van der Waals surface area contributed by atoms with Gasteiger partial charge >= 0.3 is 6.18 Å². The zero-order valence-corrected chi connectivity index (χ0v) is 15.1. The molecule has 4 rings (SSSR count). The van der Waals surface area contributed by atoms with Gasteiger partial charge in [0, 0.05) is 18.7 Å². The molecule has 0 N–H and O–H groups in total. The molecule has 0 atom stereocenters. The summed E-state index contributed by atoms with van der Waals surface area (Å²) in [5.74, 6) is -1.96. The summed E-state index contributed by atoms with van der Waals surface area (Å²) in [5, 5.41) is 14.6. The van der Waals surface area contributed by atoms with Gasteiger partial charge in [-0.2, -0.15) is 18.3 Å². The summed E-state index contributed by atoms with van der Waals surface area (Å²) in [5.41, 5.74) is -2.17. The molecule has 11 heteroatoms. The molecule has 2 heterocycles. The maximum Gasteiger partial charge on any atom is 0.434 e. The van der Waals surface area contributed by atoms with Gasteiger partial charge in [0.05, 0.1) is 22.4 Å². The molecule has 0 radical (unpaired) electrons. The fourth-order valence-corrected chi connectivity index (χ4v) is 3.42. The molecule has 7 nitrogen and oxygen atoms in total.